The number of unbranched alkanes of at least 4 members (excludes halogenated alkanes) is 1. The Bertz CT molecular complexity index is 138. The van der Waals surface area contributed by atoms with Gasteiger partial charge in [0.05, 0.1) is 12.7 Å². The van der Waals surface area contributed by atoms with Crippen LogP contribution in [0.25, 0.3) is 0 Å². The van der Waals surface area contributed by atoms with Crippen molar-refractivity contribution in [3.05, 3.63) is 0 Å². The predicted octanol–water partition coefficient (Wildman–Crippen LogP) is 2.23. The molecule has 0 aromatic heterocycles. The molecular formula is C11H20O2. The highest BCUT2D eigenvalue weighted by Gasteiger charge is 2.00. The van der Waals surface area contributed by atoms with Crippen LogP contribution in [-0.2, 0) is 9.47 Å². The maximum atomic E-state index is 5.53. The number of rotatable bonds is 8. The first-order chi connectivity index (χ1) is 6.31. The van der Waals surface area contributed by atoms with Crippen LogP contribution in [0.2, 0.25) is 0 Å². The zero-order valence-electron chi connectivity index (χ0n) is 8.71. The molecule has 2 nitrogen and oxygen atoms in total. The minimum Gasteiger partial charge on any atom is -0.378 e. The van der Waals surface area contributed by atoms with E-state index in [-0.39, 0.29) is 6.10 Å². The normalized spacial score (nSPS) is 12.4. The fourth-order valence-electron chi connectivity index (χ4n) is 0.893. The average Bonchev–Trinajstić information content (AvgIpc) is 2.13. The van der Waals surface area contributed by atoms with Gasteiger partial charge >= 0.3 is 0 Å². The molecule has 0 rings (SSSR count). The Hall–Kier alpha value is -0.520. The van der Waals surface area contributed by atoms with Gasteiger partial charge in [-0.05, 0) is 19.8 Å². The van der Waals surface area contributed by atoms with Crippen LogP contribution in [0.15, 0.2) is 0 Å². The second kappa shape index (κ2) is 9.57. The van der Waals surface area contributed by atoms with Crippen LogP contribution < -0.4 is 0 Å². The fourth-order valence-corrected chi connectivity index (χ4v) is 0.893. The summed E-state index contributed by atoms with van der Waals surface area (Å²) in [7, 11) is 0. The maximum absolute atomic E-state index is 5.53. The topological polar surface area (TPSA) is 18.5 Å². The van der Waals surface area contributed by atoms with Gasteiger partial charge in [0.1, 0.15) is 6.61 Å². The van der Waals surface area contributed by atoms with E-state index in [1.807, 2.05) is 0 Å². The molecule has 0 radical (unpaired) electrons. The van der Waals surface area contributed by atoms with Crippen molar-refractivity contribution < 1.29 is 9.47 Å². The summed E-state index contributed by atoms with van der Waals surface area (Å²) >= 11 is 0. The molecule has 0 bridgehead atoms. The molecule has 0 saturated carbocycles. The van der Waals surface area contributed by atoms with Gasteiger partial charge in [-0.15, -0.1) is 6.42 Å². The van der Waals surface area contributed by atoms with Gasteiger partial charge in [-0.2, -0.15) is 0 Å². The van der Waals surface area contributed by atoms with Crippen molar-refractivity contribution in [3.63, 3.8) is 0 Å². The molecule has 0 spiro atoms. The summed E-state index contributed by atoms with van der Waals surface area (Å²) in [5.74, 6) is 2.43. The molecule has 0 aliphatic carbocycles. The fraction of sp³-hybridized carbons (Fsp3) is 0.818. The Morgan fingerprint density at radius 1 is 1.38 bits per heavy atom. The van der Waals surface area contributed by atoms with Gasteiger partial charge < -0.3 is 9.47 Å². The quantitative estimate of drug-likeness (QED) is 0.425. The van der Waals surface area contributed by atoms with Crippen molar-refractivity contribution >= 4 is 0 Å². The van der Waals surface area contributed by atoms with E-state index < -0.39 is 0 Å². The van der Waals surface area contributed by atoms with Crippen LogP contribution in [0.5, 0.6) is 0 Å². The molecule has 0 N–H and O–H groups in total. The Balaban J connectivity index is 3.11. The standard InChI is InChI=1S/C11H20O2/c1-4-6-9-13-11(3)7-10-12-8-5-2/h2,11H,4,6-10H2,1,3H3. The molecule has 2 heteroatoms. The largest absolute Gasteiger partial charge is 0.378 e. The Morgan fingerprint density at radius 2 is 2.15 bits per heavy atom. The summed E-state index contributed by atoms with van der Waals surface area (Å²) in [6, 6.07) is 0. The van der Waals surface area contributed by atoms with E-state index in [0.717, 1.165) is 19.4 Å². The average molecular weight is 184 g/mol. The summed E-state index contributed by atoms with van der Waals surface area (Å²) < 4.78 is 10.7. The molecule has 0 fully saturated rings. The molecule has 0 aliphatic heterocycles. The lowest BCUT2D eigenvalue weighted by Gasteiger charge is -2.11. The first kappa shape index (κ1) is 12.5. The van der Waals surface area contributed by atoms with Crippen molar-refractivity contribution in [2.75, 3.05) is 19.8 Å². The van der Waals surface area contributed by atoms with E-state index in [1.54, 1.807) is 0 Å². The number of terminal acetylenes is 1. The first-order valence-corrected chi connectivity index (χ1v) is 4.94. The third-order valence-electron chi connectivity index (χ3n) is 1.75. The molecule has 0 amide bonds. The van der Waals surface area contributed by atoms with E-state index in [0.29, 0.717) is 13.2 Å². The van der Waals surface area contributed by atoms with Gasteiger partial charge in [0.25, 0.3) is 0 Å². The monoisotopic (exact) mass is 184 g/mol. The zero-order chi connectivity index (χ0) is 9.94. The molecule has 1 unspecified atom stereocenters. The summed E-state index contributed by atoms with van der Waals surface area (Å²) in [5, 5.41) is 0. The summed E-state index contributed by atoms with van der Waals surface area (Å²) in [4.78, 5) is 0. The minimum absolute atomic E-state index is 0.282. The van der Waals surface area contributed by atoms with Gasteiger partial charge in [-0.25, -0.2) is 0 Å². The van der Waals surface area contributed by atoms with Crippen LogP contribution in [0.1, 0.15) is 33.1 Å². The van der Waals surface area contributed by atoms with Crippen molar-refractivity contribution in [2.45, 2.75) is 39.2 Å². The van der Waals surface area contributed by atoms with Crippen molar-refractivity contribution in [2.24, 2.45) is 0 Å². The van der Waals surface area contributed by atoms with E-state index in [4.69, 9.17) is 15.9 Å². The van der Waals surface area contributed by atoms with Crippen LogP contribution in [0, 0.1) is 12.3 Å². The van der Waals surface area contributed by atoms with Crippen LogP contribution in [0.3, 0.4) is 0 Å². The smallest absolute Gasteiger partial charge is 0.107 e. The number of ether oxygens (including phenoxy) is 2. The van der Waals surface area contributed by atoms with Gasteiger partial charge in [-0.1, -0.05) is 19.3 Å². The van der Waals surface area contributed by atoms with E-state index in [9.17, 15) is 0 Å². The second-order valence-corrected chi connectivity index (χ2v) is 3.08. The third-order valence-corrected chi connectivity index (χ3v) is 1.75. The second-order valence-electron chi connectivity index (χ2n) is 3.08. The first-order valence-electron chi connectivity index (χ1n) is 4.94. The molecule has 0 heterocycles. The summed E-state index contributed by atoms with van der Waals surface area (Å²) in [5.41, 5.74) is 0. The summed E-state index contributed by atoms with van der Waals surface area (Å²) in [6.07, 6.45) is 8.56. The Kier molecular flexibility index (Phi) is 9.18. The third kappa shape index (κ3) is 9.39. The van der Waals surface area contributed by atoms with Crippen LogP contribution in [-0.4, -0.2) is 25.9 Å². The van der Waals surface area contributed by atoms with E-state index in [2.05, 4.69) is 19.8 Å². The lowest BCUT2D eigenvalue weighted by molar-refractivity contribution is 0.0355. The lowest BCUT2D eigenvalue weighted by atomic mass is 10.3. The molecule has 13 heavy (non-hydrogen) atoms. The highest BCUT2D eigenvalue weighted by Crippen LogP contribution is 1.99. The molecule has 76 valence electrons. The molecule has 0 aromatic rings. The molecule has 0 aliphatic rings. The molecule has 0 aromatic carbocycles. The van der Waals surface area contributed by atoms with Gasteiger partial charge in [0.15, 0.2) is 0 Å². The lowest BCUT2D eigenvalue weighted by Crippen LogP contribution is -2.12. The van der Waals surface area contributed by atoms with E-state index in [1.165, 1.54) is 6.42 Å². The van der Waals surface area contributed by atoms with Gasteiger partial charge in [-0.3, -0.25) is 0 Å². The van der Waals surface area contributed by atoms with Crippen molar-refractivity contribution in [3.8, 4) is 12.3 Å². The van der Waals surface area contributed by atoms with E-state index >= 15 is 0 Å². The molecule has 1 atom stereocenters. The Labute approximate surface area is 81.6 Å². The predicted molar refractivity (Wildman–Crippen MR) is 54.6 cm³/mol. The highest BCUT2D eigenvalue weighted by molar-refractivity contribution is 4.82. The van der Waals surface area contributed by atoms with Gasteiger partial charge in [0, 0.05) is 6.61 Å². The molecule has 0 saturated heterocycles. The Morgan fingerprint density at radius 3 is 2.77 bits per heavy atom. The van der Waals surface area contributed by atoms with Crippen molar-refractivity contribution in [1.29, 1.82) is 0 Å². The highest BCUT2D eigenvalue weighted by atomic mass is 16.5. The zero-order valence-corrected chi connectivity index (χ0v) is 8.71. The SMILES string of the molecule is C#CCOCCC(C)OCCCC. The minimum atomic E-state index is 0.282. The number of hydrogen-bond donors (Lipinski definition) is 0. The molecular weight excluding hydrogens is 164 g/mol. The van der Waals surface area contributed by atoms with Gasteiger partial charge in [0.2, 0.25) is 0 Å². The number of hydrogen-bond acceptors (Lipinski definition) is 2. The van der Waals surface area contributed by atoms with Crippen LogP contribution >= 0.6 is 0 Å². The maximum Gasteiger partial charge on any atom is 0.107 e. The summed E-state index contributed by atoms with van der Waals surface area (Å²) in [6.45, 7) is 6.17. The van der Waals surface area contributed by atoms with Crippen LogP contribution in [0.4, 0.5) is 0 Å². The van der Waals surface area contributed by atoms with Crippen molar-refractivity contribution in [1.82, 2.24) is 0 Å².